The van der Waals surface area contributed by atoms with Gasteiger partial charge in [-0.1, -0.05) is 60.7 Å². The summed E-state index contributed by atoms with van der Waals surface area (Å²) in [6.45, 7) is 14.8. The number of nitrogens with one attached hydrogen (secondary N) is 4. The zero-order valence-electron chi connectivity index (χ0n) is 54.1. The molecule has 6 amide bonds. The molecule has 4 aromatic rings. The molecule has 0 aliphatic heterocycles. The molecule has 2 heterocycles. The largest absolute Gasteiger partial charge is 0.480 e. The zero-order valence-corrected chi connectivity index (χ0v) is 55.9. The van der Waals surface area contributed by atoms with Gasteiger partial charge in [-0.2, -0.15) is 9.97 Å². The van der Waals surface area contributed by atoms with Crippen LogP contribution in [0.25, 0.3) is 0 Å². The van der Waals surface area contributed by atoms with Crippen LogP contribution in [0.3, 0.4) is 0 Å². The number of aliphatic carboxylic acids is 1. The van der Waals surface area contributed by atoms with Crippen LogP contribution in [0.4, 0.5) is 30.8 Å². The first-order valence-electron chi connectivity index (χ1n) is 29.6. The predicted molar refractivity (Wildman–Crippen MR) is 337 cm³/mol. The summed E-state index contributed by atoms with van der Waals surface area (Å²) in [5.74, 6) is -4.01. The van der Waals surface area contributed by atoms with Crippen molar-refractivity contribution in [1.82, 2.24) is 39.5 Å². The predicted octanol–water partition coefficient (Wildman–Crippen LogP) is 7.00. The van der Waals surface area contributed by atoms with Crippen LogP contribution < -0.4 is 32.6 Å². The first-order valence-corrected chi connectivity index (χ1v) is 33.0. The molecule has 32 nitrogen and oxygen atoms in total. The number of carbonyl (C=O) groups excluding carboxylic acids is 7. The Kier molecular flexibility index (Phi) is 33.1. The Balaban J connectivity index is 0.000000485. The minimum absolute atomic E-state index is 0.00279. The molecule has 0 bridgehead atoms. The molecule has 514 valence electrons. The van der Waals surface area contributed by atoms with Gasteiger partial charge in [0, 0.05) is 38.6 Å². The molecule has 0 radical (unpaired) electrons. The van der Waals surface area contributed by atoms with Crippen molar-refractivity contribution in [2.75, 3.05) is 82.7 Å². The minimum Gasteiger partial charge on any atom is -0.480 e. The van der Waals surface area contributed by atoms with Crippen molar-refractivity contribution in [3.05, 3.63) is 117 Å². The molecule has 2 aromatic carbocycles. The number of esters is 1. The maximum atomic E-state index is 13.7. The lowest BCUT2D eigenvalue weighted by molar-refractivity contribution is -0.153. The highest BCUT2D eigenvalue weighted by molar-refractivity contribution is 7.54. The molecule has 2 atom stereocenters. The normalized spacial score (nSPS) is 12.1. The molecule has 5 N–H and O–H groups in total. The van der Waals surface area contributed by atoms with Gasteiger partial charge in [-0.25, -0.2) is 38.4 Å². The van der Waals surface area contributed by atoms with Crippen LogP contribution in [0, 0.1) is 0 Å². The van der Waals surface area contributed by atoms with Crippen LogP contribution in [0.1, 0.15) is 93.2 Å². The highest BCUT2D eigenvalue weighted by Crippen LogP contribution is 2.50. The number of carboxylic acids is 1. The van der Waals surface area contributed by atoms with Crippen LogP contribution in [0.2, 0.25) is 0 Å². The number of nitrogens with zero attached hydrogens (tertiary/aromatic N) is 6. The number of alkyl carbamates (subject to hydrolysis) is 2. The summed E-state index contributed by atoms with van der Waals surface area (Å²) in [5.41, 5.74) is -1.84. The van der Waals surface area contributed by atoms with Crippen molar-refractivity contribution in [1.29, 1.82) is 0 Å². The summed E-state index contributed by atoms with van der Waals surface area (Å²) >= 11 is 0. The molecule has 0 spiro atoms. The van der Waals surface area contributed by atoms with Gasteiger partial charge < -0.3 is 67.3 Å². The standard InChI is InChI=1S/C30H44N5O11P.C29H42N5O11P/c1-7-44-47(41,45-8-2)19-15-23(26(37)42-6)35(18-16-31-28(39)46-30(3,4)5)25(36)20-34-17-14-24(32-27(34)38)33-29(40)43-21-22-12-10-9-11-13-22;1-6-43-46(41,44-7-2)18-14-22(25(36)37)34(17-15-30-27(39)45-29(3,4)5)24(35)19-33-16-13-23(31-26(33)38)32-28(40)42-20-21-11-9-8-10-12-21/h9-14,17,23H,7-8,15-16,18-21H2,1-6H3,(H,31,39)(H,32,33,38,40);8-13,16,22H,6-7,14-15,17-20H2,1-5H3,(H,30,39)(H,36,37)(H,31,32,38,40)/t23-;22-/m11/s1. The lowest BCUT2D eigenvalue weighted by atomic mass is 10.2. The summed E-state index contributed by atoms with van der Waals surface area (Å²) < 4.78 is 74.9. The number of ether oxygens (including phenoxy) is 5. The fraction of sp³-hybridized carbons (Fsp3) is 0.525. The second-order valence-electron chi connectivity index (χ2n) is 21.7. The van der Waals surface area contributed by atoms with E-state index in [1.807, 2.05) is 12.1 Å². The number of carboxylic acid groups (broad SMARTS) is 1. The molecular weight excluding hydrogens is 1260 g/mol. The summed E-state index contributed by atoms with van der Waals surface area (Å²) in [6.07, 6.45) is -1.80. The van der Waals surface area contributed by atoms with E-state index in [1.54, 1.807) is 118 Å². The van der Waals surface area contributed by atoms with E-state index in [1.165, 1.54) is 24.5 Å². The maximum Gasteiger partial charge on any atom is 0.413 e. The van der Waals surface area contributed by atoms with Crippen LogP contribution in [-0.2, 0) is 96.4 Å². The fourth-order valence-electron chi connectivity index (χ4n) is 8.16. The van der Waals surface area contributed by atoms with Gasteiger partial charge in [-0.05, 0) is 105 Å². The molecular formula is C59H86N10O22P2. The van der Waals surface area contributed by atoms with Crippen molar-refractivity contribution in [3.8, 4) is 0 Å². The number of aromatic nitrogens is 4. The smallest absolute Gasteiger partial charge is 0.413 e. The van der Waals surface area contributed by atoms with Gasteiger partial charge in [0.2, 0.25) is 11.8 Å². The topological polar surface area (TPSA) is 398 Å². The Morgan fingerprint density at radius 3 is 1.23 bits per heavy atom. The summed E-state index contributed by atoms with van der Waals surface area (Å²) in [5, 5.41) is 19.7. The van der Waals surface area contributed by atoms with Gasteiger partial charge in [-0.15, -0.1) is 0 Å². The number of hydrogen-bond donors (Lipinski definition) is 5. The van der Waals surface area contributed by atoms with E-state index in [9.17, 15) is 62.2 Å². The van der Waals surface area contributed by atoms with Crippen molar-refractivity contribution in [2.45, 2.75) is 132 Å². The van der Waals surface area contributed by atoms with Crippen LogP contribution >= 0.6 is 15.2 Å². The van der Waals surface area contributed by atoms with E-state index in [0.717, 1.165) is 37.2 Å². The number of carbonyl (C=O) groups is 8. The molecule has 0 aliphatic rings. The van der Waals surface area contributed by atoms with E-state index >= 15 is 0 Å². The molecule has 93 heavy (non-hydrogen) atoms. The van der Waals surface area contributed by atoms with E-state index in [-0.39, 0.29) is 103 Å². The third-order valence-electron chi connectivity index (χ3n) is 12.1. The summed E-state index contributed by atoms with van der Waals surface area (Å²) in [4.78, 5) is 136. The first-order chi connectivity index (χ1) is 43.9. The lowest BCUT2D eigenvalue weighted by Gasteiger charge is -2.31. The van der Waals surface area contributed by atoms with Crippen LogP contribution in [0.15, 0.2) is 94.8 Å². The van der Waals surface area contributed by atoms with E-state index in [2.05, 4.69) is 31.2 Å². The number of amides is 6. The monoisotopic (exact) mass is 1350 g/mol. The Bertz CT molecular complexity index is 3290. The molecule has 4 rings (SSSR count). The number of hydrogen-bond acceptors (Lipinski definition) is 23. The van der Waals surface area contributed by atoms with E-state index < -0.39 is 111 Å². The number of anilines is 2. The zero-order chi connectivity index (χ0) is 69.4. The van der Waals surface area contributed by atoms with Gasteiger partial charge >= 0.3 is 62.9 Å². The average molecular weight is 1350 g/mol. The van der Waals surface area contributed by atoms with Gasteiger partial charge in [-0.3, -0.25) is 38.5 Å². The van der Waals surface area contributed by atoms with Gasteiger partial charge in [0.15, 0.2) is 0 Å². The van der Waals surface area contributed by atoms with Crippen molar-refractivity contribution in [3.63, 3.8) is 0 Å². The van der Waals surface area contributed by atoms with Gasteiger partial charge in [0.1, 0.15) is 61.2 Å². The van der Waals surface area contributed by atoms with Crippen LogP contribution in [0.5, 0.6) is 0 Å². The van der Waals surface area contributed by atoms with Gasteiger partial charge in [0.05, 0.1) is 45.9 Å². The third-order valence-corrected chi connectivity index (χ3v) is 16.3. The Hall–Kier alpha value is -8.54. The summed E-state index contributed by atoms with van der Waals surface area (Å²) in [7, 11) is -6.15. The SMILES string of the molecule is CCOP(=O)(CC[C@H](C(=O)O)N(CCNC(=O)OC(C)(C)C)C(=O)Cn1ccc(NC(=O)OCc2ccccc2)nc1=O)OCC.CCOP(=O)(CC[C@H](C(=O)OC)N(CCNC(=O)OC(C)(C)C)C(=O)Cn1ccc(NC(=O)OCc2ccccc2)nc1=O)OCC. The second-order valence-corrected chi connectivity index (χ2v) is 26.0. The van der Waals surface area contributed by atoms with Crippen molar-refractivity contribution >= 4 is 75.0 Å². The third kappa shape index (κ3) is 30.2. The molecule has 34 heteroatoms. The highest BCUT2D eigenvalue weighted by Gasteiger charge is 2.36. The van der Waals surface area contributed by atoms with Crippen LogP contribution in [-0.4, -0.2) is 177 Å². The average Bonchev–Trinajstić information content (AvgIpc) is 0.928. The lowest BCUT2D eigenvalue weighted by Crippen LogP contribution is -2.51. The Labute approximate surface area is 538 Å². The first kappa shape index (κ1) is 78.7. The number of benzene rings is 2. The van der Waals surface area contributed by atoms with Crippen molar-refractivity contribution in [2.24, 2.45) is 0 Å². The number of methoxy groups -OCH3 is 1. The van der Waals surface area contributed by atoms with Gasteiger partial charge in [0.25, 0.3) is 0 Å². The van der Waals surface area contributed by atoms with E-state index in [0.29, 0.717) is 0 Å². The summed E-state index contributed by atoms with van der Waals surface area (Å²) in [6, 6.07) is 17.7. The Morgan fingerprint density at radius 1 is 0.548 bits per heavy atom. The molecule has 0 aliphatic carbocycles. The number of rotatable bonds is 34. The molecule has 2 aromatic heterocycles. The molecule has 0 unspecified atom stereocenters. The Morgan fingerprint density at radius 2 is 0.903 bits per heavy atom. The molecule has 0 saturated heterocycles. The highest BCUT2D eigenvalue weighted by atomic mass is 31.2. The minimum atomic E-state index is -3.66. The maximum absolute atomic E-state index is 13.7. The van der Waals surface area contributed by atoms with E-state index in [4.69, 9.17) is 41.8 Å². The molecule has 0 saturated carbocycles. The fourth-order valence-corrected chi connectivity index (χ4v) is 11.5. The quantitative estimate of drug-likeness (QED) is 0.0178. The molecule has 0 fully saturated rings. The second kappa shape index (κ2) is 39.1. The van der Waals surface area contributed by atoms with Crippen molar-refractivity contribution < 1.29 is 94.4 Å².